The molecule has 0 aromatic heterocycles. The van der Waals surface area contributed by atoms with Gasteiger partial charge in [0.25, 0.3) is 11.2 Å². The van der Waals surface area contributed by atoms with Gasteiger partial charge in [-0.25, -0.2) is 8.78 Å². The van der Waals surface area contributed by atoms with Crippen LogP contribution in [0, 0.1) is 10.8 Å². The normalized spacial score (nSPS) is 18.0. The average Bonchev–Trinajstić information content (AvgIpc) is 2.99. The van der Waals surface area contributed by atoms with Crippen LogP contribution >= 0.6 is 0 Å². The lowest BCUT2D eigenvalue weighted by Gasteiger charge is -2.50. The van der Waals surface area contributed by atoms with Crippen molar-refractivity contribution in [3.05, 3.63) is 35.4 Å². The summed E-state index contributed by atoms with van der Waals surface area (Å²) in [6.45, 7) is 1.21. The molecule has 2 N–H and O–H groups in total. The fraction of sp³-hybridized carbons (Fsp3) is 0.719. The smallest absolute Gasteiger partial charge is 0.453 e. The third-order valence-electron chi connectivity index (χ3n) is 9.24. The van der Waals surface area contributed by atoms with E-state index < -0.39 is 168 Å². The van der Waals surface area contributed by atoms with E-state index in [2.05, 4.69) is 9.47 Å². The molecule has 1 aromatic carbocycles. The average molecular weight is 945 g/mol. The molecule has 29 heteroatoms. The van der Waals surface area contributed by atoms with Crippen molar-refractivity contribution in [3.8, 4) is 0 Å². The van der Waals surface area contributed by atoms with E-state index >= 15 is 22.0 Å². The second-order valence-electron chi connectivity index (χ2n) is 14.6. The van der Waals surface area contributed by atoms with E-state index in [0.29, 0.717) is 20.8 Å². The van der Waals surface area contributed by atoms with Crippen LogP contribution < -0.4 is 0 Å². The van der Waals surface area contributed by atoms with E-state index in [4.69, 9.17) is 0 Å². The molecule has 61 heavy (non-hydrogen) atoms. The zero-order valence-corrected chi connectivity index (χ0v) is 31.0. The van der Waals surface area contributed by atoms with Gasteiger partial charge >= 0.3 is 66.8 Å². The lowest BCUT2D eigenvalue weighted by atomic mass is 9.65. The minimum Gasteiger partial charge on any atom is -0.481 e. The number of carbonyl (C=O) groups excluding carboxylic acids is 2. The largest absolute Gasteiger partial charge is 0.481 e. The molecular weight excluding hydrogens is 914 g/mol. The number of alkyl halides is 22. The Bertz CT molecular complexity index is 1720. The topological polar surface area (TPSA) is 110 Å². The third kappa shape index (κ3) is 9.99. The van der Waals surface area contributed by atoms with Crippen molar-refractivity contribution < 1.29 is 131 Å². The zero-order chi connectivity index (χ0) is 49.0. The van der Waals surface area contributed by atoms with Crippen molar-refractivity contribution >= 4 is 17.9 Å². The molecule has 0 fully saturated rings. The summed E-state index contributed by atoms with van der Waals surface area (Å²) < 4.78 is 323. The van der Waals surface area contributed by atoms with Gasteiger partial charge in [-0.3, -0.25) is 14.4 Å². The summed E-state index contributed by atoms with van der Waals surface area (Å²) in [6, 6.07) is -2.09. The van der Waals surface area contributed by atoms with Crippen molar-refractivity contribution in [2.24, 2.45) is 10.8 Å². The maximum Gasteiger partial charge on any atom is 0.453 e. The summed E-state index contributed by atoms with van der Waals surface area (Å²) in [6.07, 6.45) is -54.7. The van der Waals surface area contributed by atoms with Crippen LogP contribution in [0.2, 0.25) is 0 Å². The summed E-state index contributed by atoms with van der Waals surface area (Å²) in [5.74, 6) is -28.4. The van der Waals surface area contributed by atoms with Crippen LogP contribution in [0.15, 0.2) is 24.3 Å². The summed E-state index contributed by atoms with van der Waals surface area (Å²) in [5.41, 5.74) is -30.3. The van der Waals surface area contributed by atoms with E-state index in [-0.39, 0.29) is 6.92 Å². The number of ether oxygens (including phenoxy) is 2. The highest BCUT2D eigenvalue weighted by atomic mass is 19.4. The van der Waals surface area contributed by atoms with Gasteiger partial charge in [0.15, 0.2) is 5.41 Å². The first-order chi connectivity index (χ1) is 26.5. The number of aliphatic hydroxyl groups is 1. The van der Waals surface area contributed by atoms with Gasteiger partial charge in [-0.15, -0.1) is 0 Å². The number of carboxylic acid groups (broad SMARTS) is 1. The standard InChI is InChI=1S/C32H30F22O7/c1-6-22(28(40,41)42,19(58)61-20(2,3)4)26(35,36)23(29(43,44)45,60-17(55)13-24(33,34)30(46,47)48)12-15(11-21(5,18(56)57)27(37,38)39)14-7-9-16(10-8-14)25(59,31(49,50)51)32(52,53)54/h7-10,15,59H,6,11-13H2,1-5H3,(H,56,57). The Morgan fingerprint density at radius 1 is 0.590 bits per heavy atom. The summed E-state index contributed by atoms with van der Waals surface area (Å²) in [4.78, 5) is 37.6. The molecule has 0 bridgehead atoms. The highest BCUT2D eigenvalue weighted by Crippen LogP contribution is 2.64. The second-order valence-corrected chi connectivity index (χ2v) is 14.6. The Labute approximate surface area is 327 Å². The number of rotatable bonds is 14. The fourth-order valence-corrected chi connectivity index (χ4v) is 5.75. The van der Waals surface area contributed by atoms with Gasteiger partial charge in [-0.05, 0) is 52.0 Å². The number of aliphatic carboxylic acids is 1. The maximum atomic E-state index is 17.0. The Balaban J connectivity index is 4.80. The summed E-state index contributed by atoms with van der Waals surface area (Å²) in [7, 11) is 0. The minimum absolute atomic E-state index is 0.143. The van der Waals surface area contributed by atoms with E-state index in [1.807, 2.05) is 0 Å². The van der Waals surface area contributed by atoms with Gasteiger partial charge in [-0.1, -0.05) is 31.2 Å². The number of benzene rings is 1. The predicted octanol–water partition coefficient (Wildman–Crippen LogP) is 10.9. The predicted molar refractivity (Wildman–Crippen MR) is 156 cm³/mol. The first-order valence-electron chi connectivity index (χ1n) is 16.2. The summed E-state index contributed by atoms with van der Waals surface area (Å²) >= 11 is 0. The number of carboxylic acids is 1. The molecule has 0 radical (unpaired) electrons. The van der Waals surface area contributed by atoms with Gasteiger partial charge in [0.05, 0.1) is 0 Å². The zero-order valence-electron chi connectivity index (χ0n) is 31.0. The highest BCUT2D eigenvalue weighted by molar-refractivity contribution is 5.81. The fourth-order valence-electron chi connectivity index (χ4n) is 5.75. The molecule has 4 unspecified atom stereocenters. The quantitative estimate of drug-likeness (QED) is 0.141. The molecule has 354 valence electrons. The molecule has 4 atom stereocenters. The molecule has 0 aliphatic heterocycles. The summed E-state index contributed by atoms with van der Waals surface area (Å²) in [5, 5.41) is 19.1. The molecule has 0 saturated carbocycles. The second kappa shape index (κ2) is 16.3. The Morgan fingerprint density at radius 3 is 1.31 bits per heavy atom. The molecule has 0 amide bonds. The molecular formula is C32H30F22O7. The van der Waals surface area contributed by atoms with Gasteiger partial charge < -0.3 is 19.7 Å². The third-order valence-corrected chi connectivity index (χ3v) is 9.24. The van der Waals surface area contributed by atoms with Crippen molar-refractivity contribution in [1.29, 1.82) is 0 Å². The van der Waals surface area contributed by atoms with Crippen molar-refractivity contribution in [2.45, 2.75) is 132 Å². The van der Waals surface area contributed by atoms with Gasteiger partial charge in [0.1, 0.15) is 12.0 Å². The number of esters is 2. The lowest BCUT2D eigenvalue weighted by molar-refractivity contribution is -0.395. The van der Waals surface area contributed by atoms with Crippen LogP contribution in [-0.2, 0) is 29.5 Å². The van der Waals surface area contributed by atoms with Crippen LogP contribution in [0.25, 0.3) is 0 Å². The Morgan fingerprint density at radius 2 is 1.02 bits per heavy atom. The SMILES string of the molecule is CCC(C(=O)OC(C)(C)C)(C(F)(F)F)C(F)(F)C(CC(CC(C)(C(=O)O)C(F)(F)F)c1ccc(C(O)(C(F)(F)F)C(F)(F)F)cc1)(OC(=O)CC(F)(F)C(F)(F)F)C(F)(F)F. The number of halogens is 22. The molecule has 0 aliphatic carbocycles. The lowest BCUT2D eigenvalue weighted by Crippen LogP contribution is -2.73. The van der Waals surface area contributed by atoms with Crippen molar-refractivity contribution in [1.82, 2.24) is 0 Å². The first-order valence-corrected chi connectivity index (χ1v) is 16.2. The monoisotopic (exact) mass is 944 g/mol. The van der Waals surface area contributed by atoms with E-state index in [1.165, 1.54) is 0 Å². The van der Waals surface area contributed by atoms with Crippen LogP contribution in [0.4, 0.5) is 96.6 Å². The van der Waals surface area contributed by atoms with Crippen LogP contribution in [-0.4, -0.2) is 88.2 Å². The van der Waals surface area contributed by atoms with Gasteiger partial charge in [-0.2, -0.15) is 87.8 Å². The Kier molecular flexibility index (Phi) is 14.7. The first kappa shape index (κ1) is 55.1. The number of hydrogen-bond donors (Lipinski definition) is 2. The van der Waals surface area contributed by atoms with Crippen LogP contribution in [0.5, 0.6) is 0 Å². The molecule has 1 aromatic rings. The maximum absolute atomic E-state index is 17.0. The van der Waals surface area contributed by atoms with Crippen molar-refractivity contribution in [2.75, 3.05) is 0 Å². The van der Waals surface area contributed by atoms with Crippen LogP contribution in [0.1, 0.15) is 77.3 Å². The van der Waals surface area contributed by atoms with Crippen LogP contribution in [0.3, 0.4) is 0 Å². The van der Waals surface area contributed by atoms with Crippen molar-refractivity contribution in [3.63, 3.8) is 0 Å². The molecule has 0 aliphatic rings. The van der Waals surface area contributed by atoms with E-state index in [0.717, 1.165) is 0 Å². The molecule has 7 nitrogen and oxygen atoms in total. The Hall–Kier alpha value is -3.95. The highest BCUT2D eigenvalue weighted by Gasteiger charge is 2.87. The molecule has 0 spiro atoms. The number of hydrogen-bond acceptors (Lipinski definition) is 6. The van der Waals surface area contributed by atoms with E-state index in [1.54, 1.807) is 0 Å². The molecule has 1 rings (SSSR count). The van der Waals surface area contributed by atoms with E-state index in [9.17, 15) is 99.2 Å². The minimum atomic E-state index is -7.66. The molecule has 0 saturated heterocycles. The molecule has 0 heterocycles. The van der Waals surface area contributed by atoms with Gasteiger partial charge in [0.2, 0.25) is 5.41 Å². The number of carbonyl (C=O) groups is 3. The van der Waals surface area contributed by atoms with Gasteiger partial charge in [0, 0.05) is 12.0 Å².